The molecule has 42 heavy (non-hydrogen) atoms. The van der Waals surface area contributed by atoms with Gasteiger partial charge in [0.05, 0.1) is 16.8 Å². The zero-order chi connectivity index (χ0) is 27.6. The molecule has 0 atom stereocenters. The van der Waals surface area contributed by atoms with Crippen LogP contribution in [0, 0.1) is 0 Å². The third-order valence-corrected chi connectivity index (χ3v) is 8.63. The van der Waals surface area contributed by atoms with E-state index >= 15 is 0 Å². The fourth-order valence-electron chi connectivity index (χ4n) is 6.78. The lowest BCUT2D eigenvalue weighted by atomic mass is 9.93. The molecule has 0 fully saturated rings. The Labute approximate surface area is 242 Å². The maximum Gasteiger partial charge on any atom is 0.137 e. The van der Waals surface area contributed by atoms with E-state index in [1.54, 1.807) is 0 Å². The first-order valence-electron chi connectivity index (χ1n) is 14.4. The first-order valence-corrected chi connectivity index (χ1v) is 14.4. The zero-order valence-corrected chi connectivity index (χ0v) is 22.8. The standard InChI is InChI=1S/C40H25NO/c1-2-11-27(12-3-1)41(37-17-9-19-39-40(37)35-14-6-7-18-38(35)42-39)36-16-8-15-29-32-23-22-30-28-13-5-4-10-26(28)20-21-31(30)33(32)24-25-34(29)36/h1-25H. The zero-order valence-electron chi connectivity index (χ0n) is 22.8. The van der Waals surface area contributed by atoms with Gasteiger partial charge in [0.15, 0.2) is 0 Å². The molecule has 0 amide bonds. The number of anilines is 3. The Bertz CT molecular complexity index is 2470. The average molecular weight is 536 g/mol. The molecule has 196 valence electrons. The summed E-state index contributed by atoms with van der Waals surface area (Å²) < 4.78 is 6.30. The number of hydrogen-bond acceptors (Lipinski definition) is 2. The van der Waals surface area contributed by atoms with Crippen molar-refractivity contribution in [1.29, 1.82) is 0 Å². The SMILES string of the molecule is c1ccc(N(c2cccc3c2ccc2c3ccc3c4ccccc4ccc32)c2cccc3oc4ccccc4c23)cc1. The predicted molar refractivity (Wildman–Crippen MR) is 178 cm³/mol. The topological polar surface area (TPSA) is 16.4 Å². The first-order chi connectivity index (χ1) is 20.8. The van der Waals surface area contributed by atoms with E-state index in [4.69, 9.17) is 4.42 Å². The van der Waals surface area contributed by atoms with Crippen LogP contribution in [0.15, 0.2) is 156 Å². The molecule has 8 aromatic carbocycles. The van der Waals surface area contributed by atoms with E-state index < -0.39 is 0 Å². The lowest BCUT2D eigenvalue weighted by Crippen LogP contribution is -2.10. The highest BCUT2D eigenvalue weighted by Crippen LogP contribution is 2.46. The maximum absolute atomic E-state index is 6.30. The third kappa shape index (κ3) is 3.33. The van der Waals surface area contributed by atoms with E-state index in [2.05, 4.69) is 144 Å². The van der Waals surface area contributed by atoms with E-state index in [-0.39, 0.29) is 0 Å². The van der Waals surface area contributed by atoms with Crippen LogP contribution in [0.4, 0.5) is 17.1 Å². The van der Waals surface area contributed by atoms with E-state index in [0.29, 0.717) is 0 Å². The van der Waals surface area contributed by atoms with Crippen LogP contribution in [0.25, 0.3) is 65.0 Å². The third-order valence-electron chi connectivity index (χ3n) is 8.63. The van der Waals surface area contributed by atoms with Gasteiger partial charge in [0.2, 0.25) is 0 Å². The molecule has 0 saturated heterocycles. The predicted octanol–water partition coefficient (Wildman–Crippen LogP) is 11.7. The number of nitrogens with zero attached hydrogens (tertiary/aromatic N) is 1. The minimum Gasteiger partial charge on any atom is -0.456 e. The molecule has 1 heterocycles. The van der Waals surface area contributed by atoms with Crippen molar-refractivity contribution in [2.45, 2.75) is 0 Å². The van der Waals surface area contributed by atoms with Gasteiger partial charge < -0.3 is 9.32 Å². The number of hydrogen-bond donors (Lipinski definition) is 0. The second-order valence-electron chi connectivity index (χ2n) is 10.9. The second kappa shape index (κ2) is 8.95. The van der Waals surface area contributed by atoms with Gasteiger partial charge in [-0.2, -0.15) is 0 Å². The van der Waals surface area contributed by atoms with Gasteiger partial charge in [0.1, 0.15) is 11.2 Å². The molecule has 2 nitrogen and oxygen atoms in total. The normalized spacial score (nSPS) is 11.8. The number of benzene rings is 8. The molecule has 1 aromatic heterocycles. The van der Waals surface area contributed by atoms with Crippen molar-refractivity contribution < 1.29 is 4.42 Å². The number of rotatable bonds is 3. The summed E-state index contributed by atoms with van der Waals surface area (Å²) >= 11 is 0. The summed E-state index contributed by atoms with van der Waals surface area (Å²) in [5.41, 5.74) is 5.13. The van der Waals surface area contributed by atoms with Crippen LogP contribution in [0.3, 0.4) is 0 Å². The van der Waals surface area contributed by atoms with Crippen molar-refractivity contribution in [2.75, 3.05) is 4.90 Å². The molecule has 0 spiro atoms. The summed E-state index contributed by atoms with van der Waals surface area (Å²) in [5.74, 6) is 0. The molecular formula is C40H25NO. The molecule has 0 radical (unpaired) electrons. The summed E-state index contributed by atoms with van der Waals surface area (Å²) in [7, 11) is 0. The van der Waals surface area contributed by atoms with Crippen molar-refractivity contribution in [2.24, 2.45) is 0 Å². The fraction of sp³-hybridized carbons (Fsp3) is 0. The lowest BCUT2D eigenvalue weighted by molar-refractivity contribution is 0.669. The van der Waals surface area contributed by atoms with E-state index in [9.17, 15) is 0 Å². The second-order valence-corrected chi connectivity index (χ2v) is 10.9. The lowest BCUT2D eigenvalue weighted by Gasteiger charge is -2.27. The molecule has 2 heteroatoms. The van der Waals surface area contributed by atoms with E-state index in [1.165, 1.54) is 43.1 Å². The Morgan fingerprint density at radius 1 is 0.333 bits per heavy atom. The Hall–Kier alpha value is -5.60. The molecule has 9 aromatic rings. The molecule has 9 rings (SSSR count). The van der Waals surface area contributed by atoms with Crippen molar-refractivity contribution in [3.63, 3.8) is 0 Å². The van der Waals surface area contributed by atoms with Crippen LogP contribution in [0.2, 0.25) is 0 Å². The van der Waals surface area contributed by atoms with Gasteiger partial charge in [-0.1, -0.05) is 115 Å². The highest BCUT2D eigenvalue weighted by molar-refractivity contribution is 6.24. The molecule has 0 unspecified atom stereocenters. The Balaban J connectivity index is 1.35. The molecule has 0 bridgehead atoms. The van der Waals surface area contributed by atoms with Gasteiger partial charge in [-0.15, -0.1) is 0 Å². The van der Waals surface area contributed by atoms with Crippen molar-refractivity contribution in [3.8, 4) is 0 Å². The Kier molecular flexibility index (Phi) is 4.93. The fourth-order valence-corrected chi connectivity index (χ4v) is 6.78. The van der Waals surface area contributed by atoms with Gasteiger partial charge in [0, 0.05) is 16.5 Å². The highest BCUT2D eigenvalue weighted by Gasteiger charge is 2.21. The van der Waals surface area contributed by atoms with Gasteiger partial charge in [-0.25, -0.2) is 0 Å². The summed E-state index contributed by atoms with van der Waals surface area (Å²) in [6.45, 7) is 0. The van der Waals surface area contributed by atoms with Crippen LogP contribution >= 0.6 is 0 Å². The monoisotopic (exact) mass is 535 g/mol. The number of fused-ring (bicyclic) bond motifs is 10. The number of para-hydroxylation sites is 2. The average Bonchev–Trinajstić information content (AvgIpc) is 3.44. The highest BCUT2D eigenvalue weighted by atomic mass is 16.3. The summed E-state index contributed by atoms with van der Waals surface area (Å²) in [6, 6.07) is 54.3. The number of furan rings is 1. The summed E-state index contributed by atoms with van der Waals surface area (Å²) in [4.78, 5) is 2.38. The molecular weight excluding hydrogens is 510 g/mol. The van der Waals surface area contributed by atoms with Crippen LogP contribution in [0.1, 0.15) is 0 Å². The molecule has 0 saturated carbocycles. The molecule has 0 aliphatic heterocycles. The van der Waals surface area contributed by atoms with Gasteiger partial charge >= 0.3 is 0 Å². The van der Waals surface area contributed by atoms with Crippen LogP contribution in [-0.2, 0) is 0 Å². The minimum atomic E-state index is 0.888. The van der Waals surface area contributed by atoms with Crippen LogP contribution < -0.4 is 4.90 Å². The Morgan fingerprint density at radius 3 is 1.71 bits per heavy atom. The van der Waals surface area contributed by atoms with Crippen molar-refractivity contribution >= 4 is 82.1 Å². The Morgan fingerprint density at radius 2 is 0.881 bits per heavy atom. The summed E-state index contributed by atoms with van der Waals surface area (Å²) in [5, 5.41) is 12.4. The smallest absolute Gasteiger partial charge is 0.137 e. The van der Waals surface area contributed by atoms with Gasteiger partial charge in [0.25, 0.3) is 0 Å². The van der Waals surface area contributed by atoms with Crippen LogP contribution in [-0.4, -0.2) is 0 Å². The van der Waals surface area contributed by atoms with E-state index in [0.717, 1.165) is 39.0 Å². The maximum atomic E-state index is 6.30. The quantitative estimate of drug-likeness (QED) is 0.209. The van der Waals surface area contributed by atoms with Crippen LogP contribution in [0.5, 0.6) is 0 Å². The summed E-state index contributed by atoms with van der Waals surface area (Å²) in [6.07, 6.45) is 0. The largest absolute Gasteiger partial charge is 0.456 e. The minimum absolute atomic E-state index is 0.888. The first kappa shape index (κ1) is 23.1. The van der Waals surface area contributed by atoms with Crippen molar-refractivity contribution in [3.05, 3.63) is 152 Å². The molecule has 0 N–H and O–H groups in total. The van der Waals surface area contributed by atoms with E-state index in [1.807, 2.05) is 12.1 Å². The van der Waals surface area contributed by atoms with Gasteiger partial charge in [-0.3, -0.25) is 0 Å². The van der Waals surface area contributed by atoms with Crippen molar-refractivity contribution in [1.82, 2.24) is 0 Å². The molecule has 0 aliphatic carbocycles. The molecule has 0 aliphatic rings. The van der Waals surface area contributed by atoms with Gasteiger partial charge in [-0.05, 0) is 74.1 Å².